The molecule has 3 N–H and O–H groups in total. The van der Waals surface area contributed by atoms with Crippen LogP contribution >= 0.6 is 0 Å². The number of carbonyl (C=O) groups excluding carboxylic acids is 2. The Balaban J connectivity index is 2.21. The quantitative estimate of drug-likeness (QED) is 0.814. The van der Waals surface area contributed by atoms with E-state index in [2.05, 4.69) is 5.32 Å². The number of nitrogens with zero attached hydrogens (tertiary/aromatic N) is 2. The van der Waals surface area contributed by atoms with Crippen molar-refractivity contribution >= 4 is 23.2 Å². The number of anilines is 2. The molecule has 0 aliphatic carbocycles. The van der Waals surface area contributed by atoms with Crippen LogP contribution in [-0.2, 0) is 4.79 Å². The van der Waals surface area contributed by atoms with E-state index < -0.39 is 0 Å². The third-order valence-corrected chi connectivity index (χ3v) is 3.67. The highest BCUT2D eigenvalue weighted by Gasteiger charge is 2.24. The summed E-state index contributed by atoms with van der Waals surface area (Å²) in [5, 5.41) is 3.36. The number of likely N-dealkylation sites (N-methyl/N-ethyl adjacent to an activating group) is 1. The number of benzene rings is 1. The molecule has 1 aliphatic heterocycles. The van der Waals surface area contributed by atoms with Gasteiger partial charge in [-0.1, -0.05) is 0 Å². The number of hydrogen-bond donors (Lipinski definition) is 2. The number of nitrogens with two attached hydrogens (primary N) is 1. The van der Waals surface area contributed by atoms with Gasteiger partial charge in [0.2, 0.25) is 5.91 Å². The summed E-state index contributed by atoms with van der Waals surface area (Å²) in [6.07, 6.45) is 1.28. The first-order valence-electron chi connectivity index (χ1n) is 7.00. The molecule has 1 heterocycles. The Kier molecular flexibility index (Phi) is 4.35. The minimum absolute atomic E-state index is 0.0715. The van der Waals surface area contributed by atoms with Crippen LogP contribution in [0.25, 0.3) is 0 Å². The highest BCUT2D eigenvalue weighted by Crippen LogP contribution is 2.23. The maximum Gasteiger partial charge on any atom is 0.255 e. The lowest BCUT2D eigenvalue weighted by Gasteiger charge is -2.31. The third kappa shape index (κ3) is 3.45. The summed E-state index contributed by atoms with van der Waals surface area (Å²) in [5.74, 6) is 0.0861. The second-order valence-corrected chi connectivity index (χ2v) is 5.66. The minimum atomic E-state index is -0.0715. The summed E-state index contributed by atoms with van der Waals surface area (Å²) in [4.78, 5) is 27.0. The van der Waals surface area contributed by atoms with Gasteiger partial charge in [0.05, 0.1) is 5.56 Å². The van der Waals surface area contributed by atoms with Gasteiger partial charge in [-0.25, -0.2) is 0 Å². The number of likely N-dealkylation sites (tertiary alicyclic amines) is 1. The number of nitrogens with one attached hydrogen (secondary N) is 1. The van der Waals surface area contributed by atoms with Crippen molar-refractivity contribution in [3.8, 4) is 0 Å². The summed E-state index contributed by atoms with van der Waals surface area (Å²) in [6.45, 7) is 0.628. The molecule has 1 aromatic carbocycles. The zero-order chi connectivity index (χ0) is 15.6. The van der Waals surface area contributed by atoms with E-state index in [-0.39, 0.29) is 17.9 Å². The second kappa shape index (κ2) is 6.03. The molecule has 1 saturated heterocycles. The molecule has 1 aliphatic rings. The zero-order valence-corrected chi connectivity index (χ0v) is 12.7. The van der Waals surface area contributed by atoms with Crippen molar-refractivity contribution in [1.82, 2.24) is 9.80 Å². The molecule has 1 aromatic rings. The number of hydrogen-bond acceptors (Lipinski definition) is 4. The number of rotatable bonds is 3. The summed E-state index contributed by atoms with van der Waals surface area (Å²) < 4.78 is 0. The summed E-state index contributed by atoms with van der Waals surface area (Å²) in [5.41, 5.74) is 7.75. The number of carbonyl (C=O) groups is 2. The van der Waals surface area contributed by atoms with E-state index >= 15 is 0 Å². The summed E-state index contributed by atoms with van der Waals surface area (Å²) >= 11 is 0. The molecule has 1 atom stereocenters. The fourth-order valence-electron chi connectivity index (χ4n) is 2.46. The highest BCUT2D eigenvalue weighted by atomic mass is 16.2. The van der Waals surface area contributed by atoms with Gasteiger partial charge in [0.25, 0.3) is 5.91 Å². The van der Waals surface area contributed by atoms with Crippen molar-refractivity contribution in [2.75, 3.05) is 38.7 Å². The third-order valence-electron chi connectivity index (χ3n) is 3.67. The van der Waals surface area contributed by atoms with Gasteiger partial charge in [-0.15, -0.1) is 0 Å². The fourth-order valence-corrected chi connectivity index (χ4v) is 2.46. The Morgan fingerprint density at radius 2 is 2.14 bits per heavy atom. The standard InChI is InChI=1S/C15H22N4O2/c1-18(2)15(21)12-6-4-10(16)8-13(12)17-11-5-7-14(20)19(3)9-11/h4,6,8,11,17H,5,7,9,16H2,1-3H3. The molecule has 0 radical (unpaired) electrons. The largest absolute Gasteiger partial charge is 0.399 e. The van der Waals surface area contributed by atoms with E-state index in [4.69, 9.17) is 5.73 Å². The molecule has 1 unspecified atom stereocenters. The van der Waals surface area contributed by atoms with Crippen LogP contribution in [0.1, 0.15) is 23.2 Å². The lowest BCUT2D eigenvalue weighted by molar-refractivity contribution is -0.132. The predicted molar refractivity (Wildman–Crippen MR) is 83.2 cm³/mol. The van der Waals surface area contributed by atoms with E-state index in [0.717, 1.165) is 12.1 Å². The van der Waals surface area contributed by atoms with Crippen LogP contribution in [0.15, 0.2) is 18.2 Å². The van der Waals surface area contributed by atoms with Crippen LogP contribution in [-0.4, -0.2) is 55.3 Å². The first kappa shape index (κ1) is 15.2. The average molecular weight is 290 g/mol. The van der Waals surface area contributed by atoms with Gasteiger partial charge in [-0.3, -0.25) is 9.59 Å². The SMILES string of the molecule is CN(C)C(=O)c1ccc(N)cc1NC1CCC(=O)N(C)C1. The van der Waals surface area contributed by atoms with Crippen molar-refractivity contribution in [1.29, 1.82) is 0 Å². The molecular formula is C15H22N4O2. The monoisotopic (exact) mass is 290 g/mol. The second-order valence-electron chi connectivity index (χ2n) is 5.66. The van der Waals surface area contributed by atoms with Gasteiger partial charge >= 0.3 is 0 Å². The maximum absolute atomic E-state index is 12.2. The molecule has 2 rings (SSSR count). The fraction of sp³-hybridized carbons (Fsp3) is 0.467. The van der Waals surface area contributed by atoms with Gasteiger partial charge in [-0.05, 0) is 24.6 Å². The molecule has 0 aromatic heterocycles. The molecule has 21 heavy (non-hydrogen) atoms. The summed E-state index contributed by atoms with van der Waals surface area (Å²) in [6, 6.07) is 5.35. The van der Waals surface area contributed by atoms with Crippen molar-refractivity contribution in [2.24, 2.45) is 0 Å². The summed E-state index contributed by atoms with van der Waals surface area (Å²) in [7, 11) is 5.23. The first-order valence-corrected chi connectivity index (χ1v) is 7.00. The lowest BCUT2D eigenvalue weighted by Crippen LogP contribution is -2.43. The van der Waals surface area contributed by atoms with E-state index in [1.165, 1.54) is 4.90 Å². The Bertz CT molecular complexity index is 557. The van der Waals surface area contributed by atoms with Crippen LogP contribution in [0.2, 0.25) is 0 Å². The predicted octanol–water partition coefficient (Wildman–Crippen LogP) is 1.00. The molecule has 0 saturated carbocycles. The van der Waals surface area contributed by atoms with E-state index in [0.29, 0.717) is 24.2 Å². The lowest BCUT2D eigenvalue weighted by atomic mass is 10.0. The van der Waals surface area contributed by atoms with Crippen molar-refractivity contribution in [3.05, 3.63) is 23.8 Å². The molecule has 114 valence electrons. The minimum Gasteiger partial charge on any atom is -0.399 e. The Hall–Kier alpha value is -2.24. The van der Waals surface area contributed by atoms with Gasteiger partial charge < -0.3 is 20.9 Å². The van der Waals surface area contributed by atoms with Crippen LogP contribution in [0.4, 0.5) is 11.4 Å². The van der Waals surface area contributed by atoms with E-state index in [1.807, 2.05) is 0 Å². The Morgan fingerprint density at radius 3 is 2.76 bits per heavy atom. The maximum atomic E-state index is 12.2. The van der Waals surface area contributed by atoms with Gasteiger partial charge in [0, 0.05) is 51.5 Å². The Labute approximate surface area is 124 Å². The molecule has 6 nitrogen and oxygen atoms in total. The number of piperidine rings is 1. The molecule has 1 fully saturated rings. The Morgan fingerprint density at radius 1 is 1.43 bits per heavy atom. The van der Waals surface area contributed by atoms with Crippen molar-refractivity contribution < 1.29 is 9.59 Å². The van der Waals surface area contributed by atoms with Crippen LogP contribution in [0, 0.1) is 0 Å². The van der Waals surface area contributed by atoms with Crippen molar-refractivity contribution in [2.45, 2.75) is 18.9 Å². The normalized spacial score (nSPS) is 18.5. The molecule has 0 bridgehead atoms. The molecule has 2 amide bonds. The van der Waals surface area contributed by atoms with Crippen LogP contribution in [0.3, 0.4) is 0 Å². The number of nitrogen functional groups attached to an aromatic ring is 1. The first-order chi connectivity index (χ1) is 9.88. The van der Waals surface area contributed by atoms with Gasteiger partial charge in [0.1, 0.15) is 0 Å². The van der Waals surface area contributed by atoms with E-state index in [9.17, 15) is 9.59 Å². The zero-order valence-electron chi connectivity index (χ0n) is 12.7. The molecule has 6 heteroatoms. The number of amides is 2. The highest BCUT2D eigenvalue weighted by molar-refractivity contribution is 6.00. The van der Waals surface area contributed by atoms with Gasteiger partial charge in [-0.2, -0.15) is 0 Å². The van der Waals surface area contributed by atoms with E-state index in [1.54, 1.807) is 44.2 Å². The topological polar surface area (TPSA) is 78.7 Å². The van der Waals surface area contributed by atoms with Crippen LogP contribution in [0.5, 0.6) is 0 Å². The van der Waals surface area contributed by atoms with Crippen molar-refractivity contribution in [3.63, 3.8) is 0 Å². The molecular weight excluding hydrogens is 268 g/mol. The average Bonchev–Trinajstić information content (AvgIpc) is 2.42. The van der Waals surface area contributed by atoms with Crippen LogP contribution < -0.4 is 11.1 Å². The smallest absolute Gasteiger partial charge is 0.255 e. The molecule has 0 spiro atoms. The van der Waals surface area contributed by atoms with Gasteiger partial charge in [0.15, 0.2) is 0 Å².